The van der Waals surface area contributed by atoms with E-state index < -0.39 is 0 Å². The van der Waals surface area contributed by atoms with E-state index in [1.165, 1.54) is 18.4 Å². The topological polar surface area (TPSA) is 32.7 Å². The maximum atomic E-state index is 8.76. The summed E-state index contributed by atoms with van der Waals surface area (Å²) in [5.74, 6) is 6.80. The van der Waals surface area contributed by atoms with Crippen LogP contribution in [0.25, 0.3) is 0 Å². The molecule has 0 amide bonds. The van der Waals surface area contributed by atoms with Crippen LogP contribution in [0.15, 0.2) is 24.3 Å². The molecular weight excluding hydrogens is 262 g/mol. The molecule has 1 heterocycles. The molecule has 0 atom stereocenters. The van der Waals surface area contributed by atoms with Gasteiger partial charge in [-0.1, -0.05) is 24.0 Å². The lowest BCUT2D eigenvalue weighted by Gasteiger charge is -2.31. The molecule has 1 fully saturated rings. The first-order valence-electron chi connectivity index (χ1n) is 7.72. The number of hydrogen-bond acceptors (Lipinski definition) is 3. The van der Waals surface area contributed by atoms with E-state index in [9.17, 15) is 0 Å². The van der Waals surface area contributed by atoms with Crippen molar-refractivity contribution >= 4 is 0 Å². The molecule has 0 radical (unpaired) electrons. The second kappa shape index (κ2) is 8.84. The van der Waals surface area contributed by atoms with Crippen molar-refractivity contribution in [1.82, 2.24) is 4.90 Å². The average molecular weight is 287 g/mol. The van der Waals surface area contributed by atoms with Gasteiger partial charge in [0.15, 0.2) is 0 Å². The first kappa shape index (κ1) is 16.0. The molecule has 21 heavy (non-hydrogen) atoms. The third kappa shape index (κ3) is 5.51. The zero-order chi connectivity index (χ0) is 14.9. The van der Waals surface area contributed by atoms with Crippen molar-refractivity contribution in [2.45, 2.75) is 25.8 Å². The molecule has 0 bridgehead atoms. The standard InChI is InChI=1S/C18H25NO2/c1-21-15-17-8-10-19(11-9-17)14-18-7-4-6-16(13-18)5-2-3-12-20/h4,6-7,13,17,20H,3,8-12,14-15H2,1H3. The smallest absolute Gasteiger partial charge is 0.0540 e. The highest BCUT2D eigenvalue weighted by Crippen LogP contribution is 2.19. The molecule has 2 rings (SSSR count). The van der Waals surface area contributed by atoms with Gasteiger partial charge in [0.25, 0.3) is 0 Å². The van der Waals surface area contributed by atoms with Crippen molar-refractivity contribution in [3.8, 4) is 11.8 Å². The third-order valence-electron chi connectivity index (χ3n) is 3.91. The van der Waals surface area contributed by atoms with E-state index in [1.54, 1.807) is 7.11 Å². The number of nitrogens with zero attached hydrogens (tertiary/aromatic N) is 1. The summed E-state index contributed by atoms with van der Waals surface area (Å²) >= 11 is 0. The fraction of sp³-hybridized carbons (Fsp3) is 0.556. The van der Waals surface area contributed by atoms with Crippen LogP contribution in [0.1, 0.15) is 30.4 Å². The van der Waals surface area contributed by atoms with Gasteiger partial charge in [0.2, 0.25) is 0 Å². The fourth-order valence-electron chi connectivity index (χ4n) is 2.77. The minimum atomic E-state index is 0.128. The Balaban J connectivity index is 1.86. The summed E-state index contributed by atoms with van der Waals surface area (Å²) in [6.45, 7) is 4.31. The van der Waals surface area contributed by atoms with E-state index in [4.69, 9.17) is 9.84 Å². The van der Waals surface area contributed by atoms with E-state index in [0.717, 1.165) is 37.7 Å². The van der Waals surface area contributed by atoms with Crippen LogP contribution >= 0.6 is 0 Å². The van der Waals surface area contributed by atoms with Gasteiger partial charge < -0.3 is 9.84 Å². The molecule has 114 valence electrons. The summed E-state index contributed by atoms with van der Waals surface area (Å²) in [7, 11) is 1.79. The monoisotopic (exact) mass is 287 g/mol. The van der Waals surface area contributed by atoms with Crippen LogP contribution in [-0.2, 0) is 11.3 Å². The summed E-state index contributed by atoms with van der Waals surface area (Å²) in [5, 5.41) is 8.76. The van der Waals surface area contributed by atoms with Crippen molar-refractivity contribution in [2.24, 2.45) is 5.92 Å². The van der Waals surface area contributed by atoms with Crippen molar-refractivity contribution in [2.75, 3.05) is 33.4 Å². The first-order valence-corrected chi connectivity index (χ1v) is 7.72. The molecule has 1 saturated heterocycles. The Morgan fingerprint density at radius 2 is 2.14 bits per heavy atom. The lowest BCUT2D eigenvalue weighted by Crippen LogP contribution is -2.34. The third-order valence-corrected chi connectivity index (χ3v) is 3.91. The van der Waals surface area contributed by atoms with Gasteiger partial charge in [-0.2, -0.15) is 0 Å². The van der Waals surface area contributed by atoms with Crippen LogP contribution in [0.4, 0.5) is 0 Å². The van der Waals surface area contributed by atoms with Gasteiger partial charge in [-0.05, 0) is 49.5 Å². The highest BCUT2D eigenvalue weighted by Gasteiger charge is 2.18. The molecule has 0 unspecified atom stereocenters. The maximum Gasteiger partial charge on any atom is 0.0540 e. The maximum absolute atomic E-state index is 8.76. The Morgan fingerprint density at radius 3 is 2.86 bits per heavy atom. The highest BCUT2D eigenvalue weighted by atomic mass is 16.5. The number of likely N-dealkylation sites (tertiary alicyclic amines) is 1. The van der Waals surface area contributed by atoms with Crippen LogP contribution in [-0.4, -0.2) is 43.4 Å². The minimum absolute atomic E-state index is 0.128. The molecule has 0 saturated carbocycles. The molecule has 1 aromatic rings. The van der Waals surface area contributed by atoms with Gasteiger partial charge in [-0.3, -0.25) is 4.90 Å². The second-order valence-corrected chi connectivity index (χ2v) is 5.65. The van der Waals surface area contributed by atoms with E-state index in [2.05, 4.69) is 34.9 Å². The van der Waals surface area contributed by atoms with Crippen LogP contribution in [0, 0.1) is 17.8 Å². The van der Waals surface area contributed by atoms with Gasteiger partial charge in [0, 0.05) is 32.2 Å². The quantitative estimate of drug-likeness (QED) is 0.843. The minimum Gasteiger partial charge on any atom is -0.395 e. The van der Waals surface area contributed by atoms with Crippen molar-refractivity contribution < 1.29 is 9.84 Å². The van der Waals surface area contributed by atoms with Gasteiger partial charge >= 0.3 is 0 Å². The second-order valence-electron chi connectivity index (χ2n) is 5.65. The van der Waals surface area contributed by atoms with Crippen LogP contribution in [0.5, 0.6) is 0 Å². The van der Waals surface area contributed by atoms with Crippen molar-refractivity contribution in [3.05, 3.63) is 35.4 Å². The van der Waals surface area contributed by atoms with Crippen molar-refractivity contribution in [3.63, 3.8) is 0 Å². The van der Waals surface area contributed by atoms with Gasteiger partial charge in [-0.15, -0.1) is 0 Å². The fourth-order valence-corrected chi connectivity index (χ4v) is 2.77. The van der Waals surface area contributed by atoms with Gasteiger partial charge in [-0.25, -0.2) is 0 Å². The largest absolute Gasteiger partial charge is 0.395 e. The Labute approximate surface area is 127 Å². The zero-order valence-corrected chi connectivity index (χ0v) is 12.8. The number of hydrogen-bond donors (Lipinski definition) is 1. The van der Waals surface area contributed by atoms with Gasteiger partial charge in [0.05, 0.1) is 6.61 Å². The Hall–Kier alpha value is -1.34. The number of aliphatic hydroxyl groups is 1. The number of ether oxygens (including phenoxy) is 1. The predicted molar refractivity (Wildman–Crippen MR) is 84.9 cm³/mol. The van der Waals surface area contributed by atoms with E-state index in [1.807, 2.05) is 6.07 Å². The summed E-state index contributed by atoms with van der Waals surface area (Å²) in [6, 6.07) is 8.42. The Kier molecular flexibility index (Phi) is 6.75. The lowest BCUT2D eigenvalue weighted by atomic mass is 9.97. The van der Waals surface area contributed by atoms with Crippen molar-refractivity contribution in [1.29, 1.82) is 0 Å². The molecule has 1 aromatic carbocycles. The molecule has 0 aromatic heterocycles. The van der Waals surface area contributed by atoms with Crippen LogP contribution < -0.4 is 0 Å². The number of piperidine rings is 1. The summed E-state index contributed by atoms with van der Waals surface area (Å²) in [4.78, 5) is 2.51. The molecule has 1 aliphatic heterocycles. The SMILES string of the molecule is COCC1CCN(Cc2cccc(C#CCCO)c2)CC1. The molecule has 1 aliphatic rings. The normalized spacial score (nSPS) is 16.5. The van der Waals surface area contributed by atoms with Gasteiger partial charge in [0.1, 0.15) is 0 Å². The number of benzene rings is 1. The summed E-state index contributed by atoms with van der Waals surface area (Å²) in [6.07, 6.45) is 2.99. The zero-order valence-electron chi connectivity index (χ0n) is 12.8. The average Bonchev–Trinajstić information content (AvgIpc) is 2.50. The summed E-state index contributed by atoms with van der Waals surface area (Å²) < 4.78 is 5.25. The molecule has 3 heteroatoms. The predicted octanol–water partition coefficient (Wildman–Crippen LogP) is 2.28. The first-order chi connectivity index (χ1) is 10.3. The Morgan fingerprint density at radius 1 is 1.33 bits per heavy atom. The van der Waals surface area contributed by atoms with E-state index >= 15 is 0 Å². The number of methoxy groups -OCH3 is 1. The molecule has 1 N–H and O–H groups in total. The lowest BCUT2D eigenvalue weighted by molar-refractivity contribution is 0.0968. The van der Waals surface area contributed by atoms with Crippen LogP contribution in [0.3, 0.4) is 0 Å². The number of aliphatic hydroxyl groups excluding tert-OH is 1. The molecular formula is C18H25NO2. The van der Waals surface area contributed by atoms with E-state index in [0.29, 0.717) is 6.42 Å². The molecule has 0 aliphatic carbocycles. The molecule has 0 spiro atoms. The molecule has 3 nitrogen and oxygen atoms in total. The summed E-state index contributed by atoms with van der Waals surface area (Å²) in [5.41, 5.74) is 2.35. The number of rotatable bonds is 5. The van der Waals surface area contributed by atoms with E-state index in [-0.39, 0.29) is 6.61 Å². The highest BCUT2D eigenvalue weighted by molar-refractivity contribution is 5.37. The van der Waals surface area contributed by atoms with Crippen LogP contribution in [0.2, 0.25) is 0 Å². The Bertz CT molecular complexity index is 481.